The molecule has 21 heavy (non-hydrogen) atoms. The average Bonchev–Trinajstić information content (AvgIpc) is 2.47. The second kappa shape index (κ2) is 5.96. The molecule has 112 valence electrons. The number of fused-ring (bicyclic) bond motifs is 1. The second-order valence-corrected chi connectivity index (χ2v) is 7.67. The van der Waals surface area contributed by atoms with E-state index in [1.165, 1.54) is 50.9 Å². The van der Waals surface area contributed by atoms with E-state index < -0.39 is 0 Å². The highest BCUT2D eigenvalue weighted by molar-refractivity contribution is 7.29. The van der Waals surface area contributed by atoms with Gasteiger partial charge in [-0.05, 0) is 83.5 Å². The summed E-state index contributed by atoms with van der Waals surface area (Å²) in [6, 6.07) is 7.33. The lowest BCUT2D eigenvalue weighted by atomic mass is 9.80. The molecular formula is C18H25NP2. The Morgan fingerprint density at radius 3 is 2.33 bits per heavy atom. The van der Waals surface area contributed by atoms with Gasteiger partial charge in [-0.1, -0.05) is 18.2 Å². The third kappa shape index (κ3) is 2.77. The Morgan fingerprint density at radius 2 is 1.67 bits per heavy atom. The number of hydrogen-bond acceptors (Lipinski definition) is 1. The molecule has 0 bridgehead atoms. The standard InChI is InChI=1S/C18H25NP2/c1-10-3-4-13-9-15(12-5-7-14(19)8-6-12)18(21)11(2)16(13)17(10)20/h3-4,9,12,14H,5-8,19-21H2,1-2H3. The Bertz CT molecular complexity index is 685. The summed E-state index contributed by atoms with van der Waals surface area (Å²) in [5.41, 5.74) is 10.3. The summed E-state index contributed by atoms with van der Waals surface area (Å²) in [6.45, 7) is 4.44. The zero-order chi connectivity index (χ0) is 15.1. The molecule has 1 nitrogen and oxygen atoms in total. The molecule has 2 atom stereocenters. The van der Waals surface area contributed by atoms with Gasteiger partial charge >= 0.3 is 0 Å². The van der Waals surface area contributed by atoms with Gasteiger partial charge < -0.3 is 5.73 Å². The summed E-state index contributed by atoms with van der Waals surface area (Å²) >= 11 is 0. The second-order valence-electron chi connectivity index (χ2n) is 6.51. The van der Waals surface area contributed by atoms with E-state index in [1.54, 1.807) is 0 Å². The minimum Gasteiger partial charge on any atom is -0.328 e. The van der Waals surface area contributed by atoms with Crippen LogP contribution in [0.25, 0.3) is 10.8 Å². The molecule has 1 fully saturated rings. The Balaban J connectivity index is 2.13. The van der Waals surface area contributed by atoms with Crippen molar-refractivity contribution in [3.05, 3.63) is 34.9 Å². The SMILES string of the molecule is Cc1ccc2cc(C3CCC(N)CC3)c(P)c(C)c2c1P. The Labute approximate surface area is 132 Å². The van der Waals surface area contributed by atoms with E-state index in [9.17, 15) is 0 Å². The summed E-state index contributed by atoms with van der Waals surface area (Å²) in [6.07, 6.45) is 4.78. The first-order chi connectivity index (χ1) is 9.99. The Morgan fingerprint density at radius 1 is 1.00 bits per heavy atom. The van der Waals surface area contributed by atoms with Crippen LogP contribution in [0.5, 0.6) is 0 Å². The fourth-order valence-electron chi connectivity index (χ4n) is 3.64. The van der Waals surface area contributed by atoms with Gasteiger partial charge in [0.25, 0.3) is 0 Å². The van der Waals surface area contributed by atoms with Gasteiger partial charge in [0.15, 0.2) is 0 Å². The van der Waals surface area contributed by atoms with Crippen LogP contribution in [-0.4, -0.2) is 6.04 Å². The van der Waals surface area contributed by atoms with Crippen molar-refractivity contribution in [3.63, 3.8) is 0 Å². The number of rotatable bonds is 1. The molecule has 0 radical (unpaired) electrons. The maximum Gasteiger partial charge on any atom is 0.00392 e. The smallest absolute Gasteiger partial charge is 0.00392 e. The first kappa shape index (κ1) is 15.4. The molecule has 0 spiro atoms. The molecule has 1 saturated carbocycles. The molecule has 1 aliphatic carbocycles. The summed E-state index contributed by atoms with van der Waals surface area (Å²) < 4.78 is 0. The van der Waals surface area contributed by atoms with Crippen molar-refractivity contribution in [2.75, 3.05) is 0 Å². The van der Waals surface area contributed by atoms with Gasteiger partial charge in [-0.3, -0.25) is 0 Å². The van der Waals surface area contributed by atoms with Gasteiger partial charge in [0.1, 0.15) is 0 Å². The number of hydrogen-bond donors (Lipinski definition) is 1. The minimum atomic E-state index is 0.414. The molecule has 2 unspecified atom stereocenters. The predicted octanol–water partition coefficient (Wildman–Crippen LogP) is 3.44. The van der Waals surface area contributed by atoms with E-state index in [2.05, 4.69) is 50.5 Å². The molecule has 2 N–H and O–H groups in total. The van der Waals surface area contributed by atoms with E-state index in [-0.39, 0.29) is 0 Å². The molecule has 0 amide bonds. The molecule has 3 rings (SSSR count). The van der Waals surface area contributed by atoms with Crippen molar-refractivity contribution in [2.45, 2.75) is 51.5 Å². The maximum absolute atomic E-state index is 6.06. The maximum atomic E-state index is 6.06. The fourth-order valence-corrected chi connectivity index (χ4v) is 4.59. The van der Waals surface area contributed by atoms with E-state index in [0.717, 1.165) is 12.8 Å². The quantitative estimate of drug-likeness (QED) is 0.801. The number of nitrogens with two attached hydrogens (primary N) is 1. The molecule has 0 aromatic heterocycles. The molecule has 2 aromatic rings. The van der Waals surface area contributed by atoms with Crippen LogP contribution in [-0.2, 0) is 0 Å². The van der Waals surface area contributed by atoms with Crippen LogP contribution in [0.2, 0.25) is 0 Å². The third-order valence-corrected chi connectivity index (χ3v) is 6.62. The van der Waals surface area contributed by atoms with Crippen LogP contribution in [0.4, 0.5) is 0 Å². The highest BCUT2D eigenvalue weighted by Crippen LogP contribution is 2.34. The van der Waals surface area contributed by atoms with Crippen LogP contribution in [0.15, 0.2) is 18.2 Å². The van der Waals surface area contributed by atoms with Gasteiger partial charge in [-0.25, -0.2) is 0 Å². The van der Waals surface area contributed by atoms with E-state index in [1.807, 2.05) is 0 Å². The fraction of sp³-hybridized carbons (Fsp3) is 0.444. The summed E-state index contributed by atoms with van der Waals surface area (Å²) in [5, 5.41) is 5.52. The lowest BCUT2D eigenvalue weighted by Crippen LogP contribution is -2.27. The van der Waals surface area contributed by atoms with Crippen molar-refractivity contribution in [1.82, 2.24) is 0 Å². The number of benzene rings is 2. The van der Waals surface area contributed by atoms with Crippen LogP contribution in [0.3, 0.4) is 0 Å². The normalized spacial score (nSPS) is 22.7. The summed E-state index contributed by atoms with van der Waals surface area (Å²) in [5.74, 6) is 0.676. The molecule has 0 saturated heterocycles. The average molecular weight is 317 g/mol. The highest BCUT2D eigenvalue weighted by Gasteiger charge is 2.23. The lowest BCUT2D eigenvalue weighted by Gasteiger charge is -2.28. The molecule has 2 aromatic carbocycles. The Kier molecular flexibility index (Phi) is 4.37. The van der Waals surface area contributed by atoms with Crippen molar-refractivity contribution in [2.24, 2.45) is 5.73 Å². The first-order valence-electron chi connectivity index (χ1n) is 7.82. The van der Waals surface area contributed by atoms with E-state index in [4.69, 9.17) is 5.73 Å². The zero-order valence-corrected chi connectivity index (χ0v) is 15.3. The lowest BCUT2D eigenvalue weighted by molar-refractivity contribution is 0.397. The molecular weight excluding hydrogens is 292 g/mol. The highest BCUT2D eigenvalue weighted by atomic mass is 31.0. The Hall–Kier alpha value is -0.480. The van der Waals surface area contributed by atoms with Gasteiger partial charge in [0.05, 0.1) is 0 Å². The zero-order valence-electron chi connectivity index (χ0n) is 12.9. The summed E-state index contributed by atoms with van der Waals surface area (Å²) in [4.78, 5) is 0. The van der Waals surface area contributed by atoms with Crippen LogP contribution >= 0.6 is 18.5 Å². The molecule has 0 heterocycles. The monoisotopic (exact) mass is 317 g/mol. The van der Waals surface area contributed by atoms with Gasteiger partial charge in [0.2, 0.25) is 0 Å². The van der Waals surface area contributed by atoms with Crippen molar-refractivity contribution >= 4 is 39.9 Å². The molecule has 0 aliphatic heterocycles. The van der Waals surface area contributed by atoms with Gasteiger partial charge in [-0.15, -0.1) is 18.5 Å². The van der Waals surface area contributed by atoms with Crippen molar-refractivity contribution in [3.8, 4) is 0 Å². The predicted molar refractivity (Wildman–Crippen MR) is 101 cm³/mol. The van der Waals surface area contributed by atoms with Crippen molar-refractivity contribution < 1.29 is 0 Å². The molecule has 1 aliphatic rings. The topological polar surface area (TPSA) is 26.0 Å². The summed E-state index contributed by atoms with van der Waals surface area (Å²) in [7, 11) is 5.92. The third-order valence-electron chi connectivity index (χ3n) is 5.11. The minimum absolute atomic E-state index is 0.414. The van der Waals surface area contributed by atoms with Gasteiger partial charge in [-0.2, -0.15) is 0 Å². The first-order valence-corrected chi connectivity index (χ1v) is 8.98. The largest absolute Gasteiger partial charge is 0.328 e. The molecule has 3 heteroatoms. The van der Waals surface area contributed by atoms with E-state index in [0.29, 0.717) is 12.0 Å². The van der Waals surface area contributed by atoms with Gasteiger partial charge in [0, 0.05) is 6.04 Å². The van der Waals surface area contributed by atoms with E-state index >= 15 is 0 Å². The van der Waals surface area contributed by atoms with Crippen molar-refractivity contribution in [1.29, 1.82) is 0 Å². The van der Waals surface area contributed by atoms with Crippen LogP contribution < -0.4 is 16.3 Å². The van der Waals surface area contributed by atoms with Crippen LogP contribution in [0, 0.1) is 13.8 Å². The number of aryl methyl sites for hydroxylation is 2. The van der Waals surface area contributed by atoms with Crippen LogP contribution in [0.1, 0.15) is 48.3 Å².